The molecule has 19 heavy (non-hydrogen) atoms. The highest BCUT2D eigenvalue weighted by Gasteiger charge is 2.21. The summed E-state index contributed by atoms with van der Waals surface area (Å²) in [6.07, 6.45) is 4.12. The standard InChI is InChI=1S/C12H20N2O5/c15-10(16)5-4-9(11(17)18)14-12(19)13-7-6-8-2-1-3-8/h8-9H,1-7H2,(H,15,16)(H,17,18)(H2,13,14,19). The molecule has 7 nitrogen and oxygen atoms in total. The van der Waals surface area contributed by atoms with E-state index in [1.807, 2.05) is 0 Å². The maximum absolute atomic E-state index is 11.5. The van der Waals surface area contributed by atoms with Gasteiger partial charge in [0.15, 0.2) is 0 Å². The van der Waals surface area contributed by atoms with Crippen LogP contribution in [0.3, 0.4) is 0 Å². The van der Waals surface area contributed by atoms with Crippen molar-refractivity contribution in [2.75, 3.05) is 6.54 Å². The van der Waals surface area contributed by atoms with Crippen molar-refractivity contribution in [2.45, 2.75) is 44.6 Å². The largest absolute Gasteiger partial charge is 0.481 e. The van der Waals surface area contributed by atoms with Gasteiger partial charge in [0.25, 0.3) is 0 Å². The van der Waals surface area contributed by atoms with E-state index in [0.717, 1.165) is 6.42 Å². The number of nitrogens with one attached hydrogen (secondary N) is 2. The minimum atomic E-state index is -1.23. The van der Waals surface area contributed by atoms with Crippen LogP contribution < -0.4 is 10.6 Å². The van der Waals surface area contributed by atoms with Crippen LogP contribution in [0.2, 0.25) is 0 Å². The number of rotatable bonds is 8. The van der Waals surface area contributed by atoms with Gasteiger partial charge in [0.2, 0.25) is 0 Å². The smallest absolute Gasteiger partial charge is 0.326 e. The van der Waals surface area contributed by atoms with E-state index in [9.17, 15) is 14.4 Å². The van der Waals surface area contributed by atoms with E-state index in [2.05, 4.69) is 10.6 Å². The molecule has 0 bridgehead atoms. The lowest BCUT2D eigenvalue weighted by molar-refractivity contribution is -0.140. The Labute approximate surface area is 111 Å². The Morgan fingerprint density at radius 1 is 1.21 bits per heavy atom. The number of hydrogen-bond acceptors (Lipinski definition) is 3. The van der Waals surface area contributed by atoms with Crippen LogP contribution in [0.1, 0.15) is 38.5 Å². The molecule has 0 aromatic heterocycles. The van der Waals surface area contributed by atoms with Gasteiger partial charge in [-0.25, -0.2) is 9.59 Å². The van der Waals surface area contributed by atoms with Gasteiger partial charge in [-0.05, 0) is 18.8 Å². The van der Waals surface area contributed by atoms with Gasteiger partial charge >= 0.3 is 18.0 Å². The lowest BCUT2D eigenvalue weighted by Gasteiger charge is -2.25. The summed E-state index contributed by atoms with van der Waals surface area (Å²) in [5.74, 6) is -1.64. The highest BCUT2D eigenvalue weighted by molar-refractivity contribution is 5.82. The van der Waals surface area contributed by atoms with E-state index < -0.39 is 24.0 Å². The van der Waals surface area contributed by atoms with Crippen LogP contribution in [0.15, 0.2) is 0 Å². The summed E-state index contributed by atoms with van der Waals surface area (Å²) >= 11 is 0. The Balaban J connectivity index is 2.21. The molecule has 1 aliphatic carbocycles. The van der Waals surface area contributed by atoms with E-state index in [1.165, 1.54) is 19.3 Å². The molecule has 0 aromatic rings. The number of carbonyl (C=O) groups excluding carboxylic acids is 1. The minimum absolute atomic E-state index is 0.124. The van der Waals surface area contributed by atoms with E-state index in [1.54, 1.807) is 0 Å². The third kappa shape index (κ3) is 6.08. The van der Waals surface area contributed by atoms with Gasteiger partial charge in [0, 0.05) is 13.0 Å². The van der Waals surface area contributed by atoms with Crippen molar-refractivity contribution < 1.29 is 24.6 Å². The summed E-state index contributed by atoms with van der Waals surface area (Å²) in [5, 5.41) is 22.2. The average Bonchev–Trinajstić information content (AvgIpc) is 2.27. The molecule has 2 amide bonds. The number of carboxylic acid groups (broad SMARTS) is 2. The molecule has 108 valence electrons. The Kier molecular flexibility index (Phi) is 6.11. The molecule has 1 saturated carbocycles. The second-order valence-corrected chi connectivity index (χ2v) is 4.81. The summed E-state index contributed by atoms with van der Waals surface area (Å²) in [7, 11) is 0. The molecule has 0 aromatic carbocycles. The van der Waals surface area contributed by atoms with E-state index >= 15 is 0 Å². The van der Waals surface area contributed by atoms with Gasteiger partial charge < -0.3 is 20.8 Å². The first-order valence-electron chi connectivity index (χ1n) is 6.48. The molecule has 4 N–H and O–H groups in total. The van der Waals surface area contributed by atoms with Crippen LogP contribution in [0, 0.1) is 5.92 Å². The highest BCUT2D eigenvalue weighted by atomic mass is 16.4. The zero-order valence-electron chi connectivity index (χ0n) is 10.7. The van der Waals surface area contributed by atoms with E-state index in [0.29, 0.717) is 12.5 Å². The fourth-order valence-electron chi connectivity index (χ4n) is 1.91. The molecule has 0 heterocycles. The van der Waals surface area contributed by atoms with Crippen molar-refractivity contribution in [3.05, 3.63) is 0 Å². The lowest BCUT2D eigenvalue weighted by atomic mass is 9.83. The predicted octanol–water partition coefficient (Wildman–Crippen LogP) is 0.794. The Morgan fingerprint density at radius 3 is 2.37 bits per heavy atom. The van der Waals surface area contributed by atoms with E-state index in [-0.39, 0.29) is 12.8 Å². The van der Waals surface area contributed by atoms with Crippen LogP contribution in [0.25, 0.3) is 0 Å². The number of carboxylic acids is 2. The summed E-state index contributed by atoms with van der Waals surface area (Å²) < 4.78 is 0. The number of carbonyl (C=O) groups is 3. The fourth-order valence-corrected chi connectivity index (χ4v) is 1.91. The Bertz CT molecular complexity index is 341. The monoisotopic (exact) mass is 272 g/mol. The number of amides is 2. The first-order chi connectivity index (χ1) is 8.99. The number of urea groups is 1. The minimum Gasteiger partial charge on any atom is -0.481 e. The topological polar surface area (TPSA) is 116 Å². The third-order valence-electron chi connectivity index (χ3n) is 3.31. The first kappa shape index (κ1) is 15.3. The number of aliphatic carboxylic acids is 2. The van der Waals surface area contributed by atoms with Gasteiger partial charge in [-0.2, -0.15) is 0 Å². The van der Waals surface area contributed by atoms with E-state index in [4.69, 9.17) is 10.2 Å². The van der Waals surface area contributed by atoms with Crippen molar-refractivity contribution in [2.24, 2.45) is 5.92 Å². The molecular formula is C12H20N2O5. The molecule has 0 spiro atoms. The molecule has 1 fully saturated rings. The van der Waals surface area contributed by atoms with Gasteiger partial charge in [-0.1, -0.05) is 19.3 Å². The molecule has 0 radical (unpaired) electrons. The SMILES string of the molecule is O=C(O)CCC(NC(=O)NCCC1CCC1)C(=O)O. The van der Waals surface area contributed by atoms with Crippen LogP contribution in [0.4, 0.5) is 4.79 Å². The third-order valence-corrected chi connectivity index (χ3v) is 3.31. The van der Waals surface area contributed by atoms with Gasteiger partial charge in [-0.15, -0.1) is 0 Å². The summed E-state index contributed by atoms with van der Waals surface area (Å²) in [5.41, 5.74) is 0. The molecule has 1 aliphatic rings. The zero-order chi connectivity index (χ0) is 14.3. The molecule has 0 saturated heterocycles. The molecule has 1 atom stereocenters. The molecule has 7 heteroatoms. The van der Waals surface area contributed by atoms with Crippen molar-refractivity contribution in [1.29, 1.82) is 0 Å². The molecule has 1 unspecified atom stereocenters. The maximum Gasteiger partial charge on any atom is 0.326 e. The van der Waals surface area contributed by atoms with Crippen molar-refractivity contribution in [3.63, 3.8) is 0 Å². The predicted molar refractivity (Wildman–Crippen MR) is 66.8 cm³/mol. The van der Waals surface area contributed by atoms with Gasteiger partial charge in [0.05, 0.1) is 0 Å². The van der Waals surface area contributed by atoms with Gasteiger partial charge in [-0.3, -0.25) is 4.79 Å². The van der Waals surface area contributed by atoms with Crippen molar-refractivity contribution in [3.8, 4) is 0 Å². The van der Waals surface area contributed by atoms with Crippen LogP contribution in [0.5, 0.6) is 0 Å². The van der Waals surface area contributed by atoms with Crippen molar-refractivity contribution in [1.82, 2.24) is 10.6 Å². The molecular weight excluding hydrogens is 252 g/mol. The highest BCUT2D eigenvalue weighted by Crippen LogP contribution is 2.28. The summed E-state index contributed by atoms with van der Waals surface area (Å²) in [6, 6.07) is -1.73. The average molecular weight is 272 g/mol. The van der Waals surface area contributed by atoms with Crippen LogP contribution >= 0.6 is 0 Å². The molecule has 0 aliphatic heterocycles. The fraction of sp³-hybridized carbons (Fsp3) is 0.750. The van der Waals surface area contributed by atoms with Crippen LogP contribution in [-0.4, -0.2) is 40.8 Å². The summed E-state index contributed by atoms with van der Waals surface area (Å²) in [4.78, 5) is 32.7. The zero-order valence-corrected chi connectivity index (χ0v) is 10.7. The second kappa shape index (κ2) is 7.60. The number of hydrogen-bond donors (Lipinski definition) is 4. The van der Waals surface area contributed by atoms with Crippen molar-refractivity contribution >= 4 is 18.0 Å². The first-order valence-corrected chi connectivity index (χ1v) is 6.48. The Hall–Kier alpha value is -1.79. The maximum atomic E-state index is 11.5. The quantitative estimate of drug-likeness (QED) is 0.521. The molecule has 1 rings (SSSR count). The normalized spacial score (nSPS) is 16.2. The van der Waals surface area contributed by atoms with Crippen LogP contribution in [-0.2, 0) is 9.59 Å². The second-order valence-electron chi connectivity index (χ2n) is 4.81. The lowest BCUT2D eigenvalue weighted by Crippen LogP contribution is -2.46. The Morgan fingerprint density at radius 2 is 1.89 bits per heavy atom. The van der Waals surface area contributed by atoms with Gasteiger partial charge in [0.1, 0.15) is 6.04 Å². The summed E-state index contributed by atoms with van der Waals surface area (Å²) in [6.45, 7) is 0.516.